The smallest absolute Gasteiger partial charge is 0.428 e. The van der Waals surface area contributed by atoms with E-state index in [0.717, 1.165) is 0 Å². The van der Waals surface area contributed by atoms with Gasteiger partial charge in [0.15, 0.2) is 0 Å². The van der Waals surface area contributed by atoms with Crippen LogP contribution in [-0.4, -0.2) is 10.9 Å². The van der Waals surface area contributed by atoms with Crippen LogP contribution in [0.3, 0.4) is 0 Å². The summed E-state index contributed by atoms with van der Waals surface area (Å²) in [5.41, 5.74) is 0.307. The number of allylic oxidation sites excluding steroid dienone is 1. The standard InChI is InChI=1S/C10H7NO5/c1-6-4-7(10(12)15-6)5-8-2-3-9(16-8)11(13)14/h2-5H,1H3/b7-5+. The first kappa shape index (κ1) is 10.2. The molecule has 0 aromatic carbocycles. The highest BCUT2D eigenvalue weighted by molar-refractivity contribution is 5.99. The first-order valence-electron chi connectivity index (χ1n) is 4.42. The zero-order chi connectivity index (χ0) is 11.7. The number of cyclic esters (lactones) is 1. The molecule has 0 aliphatic carbocycles. The topological polar surface area (TPSA) is 82.6 Å². The number of carbonyl (C=O) groups excluding carboxylic acids is 1. The maximum atomic E-state index is 11.2. The van der Waals surface area contributed by atoms with Gasteiger partial charge in [-0.2, -0.15) is 0 Å². The van der Waals surface area contributed by atoms with Crippen LogP contribution < -0.4 is 0 Å². The zero-order valence-corrected chi connectivity index (χ0v) is 8.30. The summed E-state index contributed by atoms with van der Waals surface area (Å²) in [5, 5.41) is 10.4. The van der Waals surface area contributed by atoms with Gasteiger partial charge < -0.3 is 9.15 Å². The van der Waals surface area contributed by atoms with Gasteiger partial charge in [-0.3, -0.25) is 10.1 Å². The number of carbonyl (C=O) groups is 1. The molecule has 2 rings (SSSR count). The summed E-state index contributed by atoms with van der Waals surface area (Å²) < 4.78 is 9.66. The van der Waals surface area contributed by atoms with Crippen LogP contribution in [0.25, 0.3) is 6.08 Å². The van der Waals surface area contributed by atoms with Crippen LogP contribution >= 0.6 is 0 Å². The van der Waals surface area contributed by atoms with Gasteiger partial charge in [0, 0.05) is 0 Å². The zero-order valence-electron chi connectivity index (χ0n) is 8.30. The van der Waals surface area contributed by atoms with Gasteiger partial charge in [0.25, 0.3) is 0 Å². The predicted octanol–water partition coefficient (Wildman–Crippen LogP) is 2.03. The van der Waals surface area contributed by atoms with Crippen LogP contribution in [0.5, 0.6) is 0 Å². The van der Waals surface area contributed by atoms with Gasteiger partial charge in [0.2, 0.25) is 0 Å². The maximum Gasteiger partial charge on any atom is 0.433 e. The van der Waals surface area contributed by atoms with E-state index in [9.17, 15) is 14.9 Å². The van der Waals surface area contributed by atoms with Gasteiger partial charge in [-0.1, -0.05) is 0 Å². The minimum absolute atomic E-state index is 0.240. The normalized spacial score (nSPS) is 17.4. The molecular formula is C10H7NO5. The van der Waals surface area contributed by atoms with Gasteiger partial charge in [0.05, 0.1) is 11.6 Å². The Balaban J connectivity index is 2.29. The first-order valence-corrected chi connectivity index (χ1v) is 4.42. The summed E-state index contributed by atoms with van der Waals surface area (Å²) in [6.45, 7) is 1.64. The molecule has 0 unspecified atom stereocenters. The quantitative estimate of drug-likeness (QED) is 0.330. The monoisotopic (exact) mass is 221 g/mol. The Hall–Kier alpha value is -2.37. The average Bonchev–Trinajstić information content (AvgIpc) is 2.75. The second kappa shape index (κ2) is 3.65. The van der Waals surface area contributed by atoms with E-state index in [1.807, 2.05) is 0 Å². The van der Waals surface area contributed by atoms with Gasteiger partial charge in [0.1, 0.15) is 16.4 Å². The lowest BCUT2D eigenvalue weighted by Crippen LogP contribution is -1.95. The number of ether oxygens (including phenoxy) is 1. The number of esters is 1. The van der Waals surface area contributed by atoms with Crippen LogP contribution in [0.4, 0.5) is 5.88 Å². The second-order valence-electron chi connectivity index (χ2n) is 3.18. The van der Waals surface area contributed by atoms with Crippen molar-refractivity contribution >= 4 is 17.9 Å². The Kier molecular flexibility index (Phi) is 2.32. The van der Waals surface area contributed by atoms with Gasteiger partial charge >= 0.3 is 11.9 Å². The second-order valence-corrected chi connectivity index (χ2v) is 3.18. The third-order valence-corrected chi connectivity index (χ3v) is 1.94. The molecule has 6 heteroatoms. The van der Waals surface area contributed by atoms with E-state index in [0.29, 0.717) is 11.3 Å². The van der Waals surface area contributed by atoms with E-state index >= 15 is 0 Å². The SMILES string of the molecule is CC1=C/C(=C\c2ccc([N+](=O)[O-])o2)C(=O)O1. The van der Waals surface area contributed by atoms with E-state index in [-0.39, 0.29) is 11.6 Å². The van der Waals surface area contributed by atoms with Gasteiger partial charge in [-0.15, -0.1) is 0 Å². The Morgan fingerprint density at radius 3 is 2.69 bits per heavy atom. The molecule has 2 heterocycles. The number of nitrogens with zero attached hydrogens (tertiary/aromatic N) is 1. The lowest BCUT2D eigenvalue weighted by Gasteiger charge is -1.91. The Bertz CT molecular complexity index is 523. The third-order valence-electron chi connectivity index (χ3n) is 1.94. The lowest BCUT2D eigenvalue weighted by molar-refractivity contribution is -0.402. The fourth-order valence-corrected chi connectivity index (χ4v) is 1.28. The fourth-order valence-electron chi connectivity index (χ4n) is 1.28. The molecule has 0 saturated heterocycles. The molecule has 1 aromatic rings. The van der Waals surface area contributed by atoms with Crippen molar-refractivity contribution in [1.82, 2.24) is 0 Å². The van der Waals surface area contributed by atoms with Crippen LogP contribution in [0.2, 0.25) is 0 Å². The molecule has 0 spiro atoms. The van der Waals surface area contributed by atoms with E-state index in [1.54, 1.807) is 6.92 Å². The van der Waals surface area contributed by atoms with Gasteiger partial charge in [-0.05, 0) is 25.1 Å². The van der Waals surface area contributed by atoms with Crippen molar-refractivity contribution in [2.75, 3.05) is 0 Å². The minimum Gasteiger partial charge on any atom is -0.428 e. The maximum absolute atomic E-state index is 11.2. The molecule has 82 valence electrons. The summed E-state index contributed by atoms with van der Waals surface area (Å²) in [6, 6.07) is 2.64. The molecule has 0 fully saturated rings. The molecule has 1 aromatic heterocycles. The highest BCUT2D eigenvalue weighted by Crippen LogP contribution is 2.22. The molecule has 1 aliphatic heterocycles. The molecule has 0 N–H and O–H groups in total. The largest absolute Gasteiger partial charge is 0.433 e. The van der Waals surface area contributed by atoms with Crippen LogP contribution in [-0.2, 0) is 9.53 Å². The van der Waals surface area contributed by atoms with Crippen molar-refractivity contribution in [3.63, 3.8) is 0 Å². The summed E-state index contributed by atoms with van der Waals surface area (Å²) in [4.78, 5) is 20.9. The molecule has 1 aliphatic rings. The van der Waals surface area contributed by atoms with Crippen molar-refractivity contribution in [1.29, 1.82) is 0 Å². The van der Waals surface area contributed by atoms with Crippen molar-refractivity contribution < 1.29 is 18.9 Å². The summed E-state index contributed by atoms with van der Waals surface area (Å²) in [6.07, 6.45) is 2.93. The molecular weight excluding hydrogens is 214 g/mol. The summed E-state index contributed by atoms with van der Waals surface area (Å²) in [5.74, 6) is -0.127. The molecule has 0 atom stereocenters. The molecule has 0 bridgehead atoms. The van der Waals surface area contributed by atoms with E-state index in [2.05, 4.69) is 0 Å². The van der Waals surface area contributed by atoms with E-state index < -0.39 is 10.9 Å². The number of nitro groups is 1. The number of hydrogen-bond donors (Lipinski definition) is 0. The van der Waals surface area contributed by atoms with Crippen LogP contribution in [0.15, 0.2) is 34.0 Å². The lowest BCUT2D eigenvalue weighted by atomic mass is 10.2. The first-order chi connectivity index (χ1) is 7.56. The van der Waals surface area contributed by atoms with Gasteiger partial charge in [-0.25, -0.2) is 4.79 Å². The number of rotatable bonds is 2. The minimum atomic E-state index is -0.643. The molecule has 0 saturated carbocycles. The Labute approximate surface area is 90.0 Å². The molecule has 0 amide bonds. The van der Waals surface area contributed by atoms with Crippen molar-refractivity contribution in [2.45, 2.75) is 6.92 Å². The Morgan fingerprint density at radius 2 is 2.19 bits per heavy atom. The number of hydrogen-bond acceptors (Lipinski definition) is 5. The van der Waals surface area contributed by atoms with Crippen LogP contribution in [0, 0.1) is 10.1 Å². The summed E-state index contributed by atoms with van der Waals surface area (Å²) in [7, 11) is 0. The van der Waals surface area contributed by atoms with E-state index in [4.69, 9.17) is 9.15 Å². The average molecular weight is 221 g/mol. The number of furan rings is 1. The summed E-state index contributed by atoms with van der Waals surface area (Å²) >= 11 is 0. The van der Waals surface area contributed by atoms with E-state index in [1.165, 1.54) is 24.3 Å². The molecule has 0 radical (unpaired) electrons. The highest BCUT2D eigenvalue weighted by atomic mass is 16.6. The molecule has 16 heavy (non-hydrogen) atoms. The van der Waals surface area contributed by atoms with Crippen molar-refractivity contribution in [3.05, 3.63) is 45.4 Å². The Morgan fingerprint density at radius 1 is 1.44 bits per heavy atom. The third kappa shape index (κ3) is 1.85. The molecule has 6 nitrogen and oxygen atoms in total. The van der Waals surface area contributed by atoms with Crippen LogP contribution in [0.1, 0.15) is 12.7 Å². The highest BCUT2D eigenvalue weighted by Gasteiger charge is 2.19. The predicted molar refractivity (Wildman–Crippen MR) is 53.2 cm³/mol. The van der Waals surface area contributed by atoms with Crippen molar-refractivity contribution in [3.8, 4) is 0 Å². The van der Waals surface area contributed by atoms with Crippen molar-refractivity contribution in [2.24, 2.45) is 0 Å². The fraction of sp³-hybridized carbons (Fsp3) is 0.100.